The number of benzene rings is 1. The zero-order valence-electron chi connectivity index (χ0n) is 11.6. The third kappa shape index (κ3) is 3.99. The number of nitrogens with one attached hydrogen (secondary N) is 2. The van der Waals surface area contributed by atoms with Gasteiger partial charge in [0.15, 0.2) is 0 Å². The zero-order valence-corrected chi connectivity index (χ0v) is 12.5. The maximum Gasteiger partial charge on any atom is 0.339 e. The minimum atomic E-state index is -4.27. The first-order valence-electron chi connectivity index (χ1n) is 5.84. The number of methoxy groups -OCH3 is 1. The molecule has 0 aromatic heterocycles. The highest BCUT2D eigenvalue weighted by Gasteiger charge is 2.27. The average molecular weight is 318 g/mol. The number of rotatable bonds is 5. The number of hydrogen-bond acceptors (Lipinski definition) is 5. The minimum Gasteiger partial charge on any atom is -0.465 e. The number of sulfonamides is 1. The van der Waals surface area contributed by atoms with Gasteiger partial charge in [-0.2, -0.15) is 4.72 Å². The molecule has 1 unspecified atom stereocenters. The van der Waals surface area contributed by atoms with Gasteiger partial charge >= 0.3 is 5.97 Å². The van der Waals surface area contributed by atoms with Crippen molar-refractivity contribution in [2.24, 2.45) is 0 Å². The molecule has 1 rings (SSSR count). The Morgan fingerprint density at radius 2 is 1.95 bits per heavy atom. The van der Waals surface area contributed by atoms with Crippen LogP contribution in [-0.4, -0.2) is 40.5 Å². The number of carbonyl (C=O) groups excluding carboxylic acids is 2. The molecule has 0 spiro atoms. The topological polar surface area (TPSA) is 102 Å². The molecule has 9 heteroatoms. The van der Waals surface area contributed by atoms with E-state index in [1.165, 1.54) is 14.0 Å². The van der Waals surface area contributed by atoms with Crippen molar-refractivity contribution in [1.29, 1.82) is 0 Å². The van der Waals surface area contributed by atoms with Crippen molar-refractivity contribution in [3.8, 4) is 0 Å². The Balaban J connectivity index is 3.27. The van der Waals surface area contributed by atoms with E-state index in [1.54, 1.807) is 0 Å². The molecule has 7 nitrogen and oxygen atoms in total. The summed E-state index contributed by atoms with van der Waals surface area (Å²) in [7, 11) is -1.86. The molecule has 0 aliphatic rings. The van der Waals surface area contributed by atoms with Crippen LogP contribution < -0.4 is 10.0 Å². The van der Waals surface area contributed by atoms with Gasteiger partial charge < -0.3 is 10.1 Å². The van der Waals surface area contributed by atoms with Gasteiger partial charge in [0.05, 0.1) is 23.6 Å². The molecule has 1 amide bonds. The summed E-state index contributed by atoms with van der Waals surface area (Å²) in [4.78, 5) is 22.3. The molecule has 0 aliphatic carbocycles. The molecule has 116 valence electrons. The Kier molecular flexibility index (Phi) is 5.39. The number of amides is 1. The lowest BCUT2D eigenvalue weighted by molar-refractivity contribution is -0.121. The van der Waals surface area contributed by atoms with Gasteiger partial charge in [0.25, 0.3) is 0 Å². The van der Waals surface area contributed by atoms with Crippen molar-refractivity contribution in [2.75, 3.05) is 14.2 Å². The maximum absolute atomic E-state index is 13.3. The Hall–Kier alpha value is -2.00. The van der Waals surface area contributed by atoms with Gasteiger partial charge in [0, 0.05) is 7.05 Å². The van der Waals surface area contributed by atoms with Crippen molar-refractivity contribution in [1.82, 2.24) is 10.0 Å². The first kappa shape index (κ1) is 17.1. The van der Waals surface area contributed by atoms with E-state index < -0.39 is 38.7 Å². The third-order valence-electron chi connectivity index (χ3n) is 2.61. The van der Waals surface area contributed by atoms with Crippen LogP contribution in [0.1, 0.15) is 17.3 Å². The van der Waals surface area contributed by atoms with E-state index in [1.807, 2.05) is 0 Å². The molecule has 0 heterocycles. The Labute approximate surface area is 121 Å². The van der Waals surface area contributed by atoms with E-state index in [4.69, 9.17) is 0 Å². The van der Waals surface area contributed by atoms with Crippen LogP contribution in [0.2, 0.25) is 0 Å². The first-order chi connectivity index (χ1) is 9.72. The van der Waals surface area contributed by atoms with E-state index in [9.17, 15) is 22.4 Å². The number of carbonyl (C=O) groups is 2. The quantitative estimate of drug-likeness (QED) is 0.746. The van der Waals surface area contributed by atoms with Crippen molar-refractivity contribution < 1.29 is 27.1 Å². The Morgan fingerprint density at radius 1 is 1.33 bits per heavy atom. The van der Waals surface area contributed by atoms with Crippen LogP contribution in [0.25, 0.3) is 0 Å². The molecule has 1 atom stereocenters. The van der Waals surface area contributed by atoms with Crippen LogP contribution in [0.5, 0.6) is 0 Å². The number of esters is 1. The summed E-state index contributed by atoms with van der Waals surface area (Å²) in [5.41, 5.74) is -0.324. The van der Waals surface area contributed by atoms with E-state index in [0.717, 1.165) is 19.2 Å². The van der Waals surface area contributed by atoms with Gasteiger partial charge in [-0.1, -0.05) is 0 Å². The highest BCUT2D eigenvalue weighted by Crippen LogP contribution is 2.18. The fourth-order valence-electron chi connectivity index (χ4n) is 1.56. The molecule has 2 N–H and O–H groups in total. The highest BCUT2D eigenvalue weighted by molar-refractivity contribution is 7.89. The average Bonchev–Trinajstić information content (AvgIpc) is 2.44. The number of halogens is 1. The number of likely N-dealkylation sites (N-methyl/N-ethyl adjacent to an activating group) is 1. The van der Waals surface area contributed by atoms with Crippen molar-refractivity contribution >= 4 is 21.9 Å². The molecule has 1 aromatic rings. The lowest BCUT2D eigenvalue weighted by Gasteiger charge is -2.14. The van der Waals surface area contributed by atoms with Gasteiger partial charge in [-0.05, 0) is 25.1 Å². The largest absolute Gasteiger partial charge is 0.465 e. The normalized spacial score (nSPS) is 12.6. The van der Waals surface area contributed by atoms with Gasteiger partial charge in [0.2, 0.25) is 15.9 Å². The van der Waals surface area contributed by atoms with Crippen molar-refractivity contribution in [3.63, 3.8) is 0 Å². The fraction of sp³-hybridized carbons (Fsp3) is 0.333. The van der Waals surface area contributed by atoms with Crippen LogP contribution in [-0.2, 0) is 19.6 Å². The zero-order chi connectivity index (χ0) is 16.2. The standard InChI is InChI=1S/C12H15FN2O5S/c1-7(11(16)14-2)15-21(18,19)10-6-8(13)4-5-9(10)12(17)20-3/h4-7,15H,1-3H3,(H,14,16). The summed E-state index contributed by atoms with van der Waals surface area (Å²) in [5, 5.41) is 2.27. The molecule has 0 saturated carbocycles. The fourth-order valence-corrected chi connectivity index (χ4v) is 2.97. The Morgan fingerprint density at radius 3 is 2.48 bits per heavy atom. The summed E-state index contributed by atoms with van der Waals surface area (Å²) >= 11 is 0. The van der Waals surface area contributed by atoms with Gasteiger partial charge in [0.1, 0.15) is 5.82 Å². The third-order valence-corrected chi connectivity index (χ3v) is 4.19. The number of hydrogen-bond donors (Lipinski definition) is 2. The lowest BCUT2D eigenvalue weighted by atomic mass is 10.2. The summed E-state index contributed by atoms with van der Waals surface area (Å²) in [5.74, 6) is -2.34. The molecule has 0 aliphatic heterocycles. The van der Waals surface area contributed by atoms with Crippen LogP contribution in [0.4, 0.5) is 4.39 Å². The predicted octanol–water partition coefficient (Wildman–Crippen LogP) is 0.0251. The van der Waals surface area contributed by atoms with Gasteiger partial charge in [-0.3, -0.25) is 4.79 Å². The second-order valence-corrected chi connectivity index (χ2v) is 5.77. The molecular formula is C12H15FN2O5S. The van der Waals surface area contributed by atoms with Gasteiger partial charge in [-0.25, -0.2) is 17.6 Å². The molecule has 21 heavy (non-hydrogen) atoms. The predicted molar refractivity (Wildman–Crippen MR) is 71.6 cm³/mol. The number of ether oxygens (including phenoxy) is 1. The van der Waals surface area contributed by atoms with E-state index in [-0.39, 0.29) is 5.56 Å². The summed E-state index contributed by atoms with van der Waals surface area (Å²) in [6.45, 7) is 1.31. The van der Waals surface area contributed by atoms with E-state index >= 15 is 0 Å². The van der Waals surface area contributed by atoms with Crippen LogP contribution in [0, 0.1) is 5.82 Å². The molecule has 0 radical (unpaired) electrons. The van der Waals surface area contributed by atoms with Crippen LogP contribution in [0.15, 0.2) is 23.1 Å². The molecule has 1 aromatic carbocycles. The Bertz CT molecular complexity index is 660. The SMILES string of the molecule is CNC(=O)C(C)NS(=O)(=O)c1cc(F)ccc1C(=O)OC. The molecule has 0 fully saturated rings. The second-order valence-electron chi connectivity index (χ2n) is 4.09. The summed E-state index contributed by atoms with van der Waals surface area (Å²) < 4.78 is 44.2. The van der Waals surface area contributed by atoms with Crippen molar-refractivity contribution in [3.05, 3.63) is 29.6 Å². The monoisotopic (exact) mass is 318 g/mol. The first-order valence-corrected chi connectivity index (χ1v) is 7.33. The molecule has 0 saturated heterocycles. The smallest absolute Gasteiger partial charge is 0.339 e. The van der Waals surface area contributed by atoms with Crippen LogP contribution >= 0.6 is 0 Å². The van der Waals surface area contributed by atoms with E-state index in [2.05, 4.69) is 14.8 Å². The van der Waals surface area contributed by atoms with Gasteiger partial charge in [-0.15, -0.1) is 0 Å². The van der Waals surface area contributed by atoms with Crippen molar-refractivity contribution in [2.45, 2.75) is 17.9 Å². The summed E-state index contributed by atoms with van der Waals surface area (Å²) in [6, 6.07) is 1.53. The second kappa shape index (κ2) is 6.64. The summed E-state index contributed by atoms with van der Waals surface area (Å²) in [6.07, 6.45) is 0. The van der Waals surface area contributed by atoms with E-state index in [0.29, 0.717) is 6.07 Å². The highest BCUT2D eigenvalue weighted by atomic mass is 32.2. The lowest BCUT2D eigenvalue weighted by Crippen LogP contribution is -2.43. The molecular weight excluding hydrogens is 303 g/mol. The minimum absolute atomic E-state index is 0.324. The molecule has 0 bridgehead atoms. The van der Waals surface area contributed by atoms with Crippen LogP contribution in [0.3, 0.4) is 0 Å². The maximum atomic E-state index is 13.3.